The molecule has 0 aliphatic heterocycles. The third-order valence-corrected chi connectivity index (χ3v) is 3.30. The Morgan fingerprint density at radius 2 is 1.68 bits per heavy atom. The fourth-order valence-electron chi connectivity index (χ4n) is 2.46. The van der Waals surface area contributed by atoms with Crippen molar-refractivity contribution in [1.82, 2.24) is 4.57 Å². The number of aromatic nitrogens is 1. The van der Waals surface area contributed by atoms with Crippen LogP contribution in [0.1, 0.15) is 5.69 Å². The maximum atomic E-state index is 12.4. The monoisotopic (exact) mass is 307 g/mol. The molecule has 0 atom stereocenters. The minimum absolute atomic E-state index is 0.124. The van der Waals surface area contributed by atoms with Crippen LogP contribution < -0.4 is 4.74 Å². The molecule has 0 spiro atoms. The van der Waals surface area contributed by atoms with Crippen LogP contribution in [0.2, 0.25) is 0 Å². The predicted octanol–water partition coefficient (Wildman–Crippen LogP) is 4.54. The first-order chi connectivity index (χ1) is 10.3. The molecule has 1 aromatic heterocycles. The maximum absolute atomic E-state index is 12.4. The second-order valence-corrected chi connectivity index (χ2v) is 4.91. The number of hydrogen-bond donors (Lipinski definition) is 1. The Hall–Kier alpha value is -2.63. The number of phenolic OH excluding ortho intramolecular Hbond substituents is 1. The molecule has 3 nitrogen and oxygen atoms in total. The number of benzene rings is 2. The van der Waals surface area contributed by atoms with Crippen molar-refractivity contribution < 1.29 is 23.0 Å². The second-order valence-electron chi connectivity index (χ2n) is 4.91. The van der Waals surface area contributed by atoms with Crippen LogP contribution in [0.25, 0.3) is 16.6 Å². The first-order valence-electron chi connectivity index (χ1n) is 6.51. The van der Waals surface area contributed by atoms with Crippen molar-refractivity contribution in [1.29, 1.82) is 0 Å². The van der Waals surface area contributed by atoms with Gasteiger partial charge in [-0.05, 0) is 49.4 Å². The lowest BCUT2D eigenvalue weighted by Crippen LogP contribution is -2.17. The molecule has 0 unspecified atom stereocenters. The lowest BCUT2D eigenvalue weighted by atomic mass is 10.2. The van der Waals surface area contributed by atoms with Gasteiger partial charge in [0, 0.05) is 22.8 Å². The lowest BCUT2D eigenvalue weighted by Gasteiger charge is -2.11. The van der Waals surface area contributed by atoms with Gasteiger partial charge in [0.2, 0.25) is 0 Å². The van der Waals surface area contributed by atoms with E-state index >= 15 is 0 Å². The maximum Gasteiger partial charge on any atom is 0.573 e. The van der Waals surface area contributed by atoms with Gasteiger partial charge in [-0.2, -0.15) is 0 Å². The van der Waals surface area contributed by atoms with E-state index in [1.165, 1.54) is 24.3 Å². The summed E-state index contributed by atoms with van der Waals surface area (Å²) in [6, 6.07) is 12.5. The number of halogens is 3. The summed E-state index contributed by atoms with van der Waals surface area (Å²) >= 11 is 0. The average molecular weight is 307 g/mol. The molecule has 0 fully saturated rings. The molecule has 3 aromatic rings. The highest BCUT2D eigenvalue weighted by molar-refractivity contribution is 5.84. The van der Waals surface area contributed by atoms with E-state index in [1.54, 1.807) is 22.8 Å². The quantitative estimate of drug-likeness (QED) is 0.754. The summed E-state index contributed by atoms with van der Waals surface area (Å²) in [5.74, 6) is -0.142. The smallest absolute Gasteiger partial charge is 0.508 e. The van der Waals surface area contributed by atoms with Gasteiger partial charge in [0.25, 0.3) is 0 Å². The Morgan fingerprint density at radius 1 is 1.00 bits per heavy atom. The summed E-state index contributed by atoms with van der Waals surface area (Å²) in [7, 11) is 0. The zero-order valence-corrected chi connectivity index (χ0v) is 11.6. The molecule has 22 heavy (non-hydrogen) atoms. The van der Waals surface area contributed by atoms with Crippen molar-refractivity contribution in [3.8, 4) is 17.2 Å². The van der Waals surface area contributed by atoms with E-state index in [2.05, 4.69) is 4.74 Å². The van der Waals surface area contributed by atoms with Crippen LogP contribution in [0, 0.1) is 6.92 Å². The van der Waals surface area contributed by atoms with Crippen LogP contribution in [0.5, 0.6) is 11.5 Å². The molecule has 0 saturated carbocycles. The molecular formula is C16H12F3NO2. The van der Waals surface area contributed by atoms with Gasteiger partial charge in [0.1, 0.15) is 11.5 Å². The number of phenols is 1. The fourth-order valence-corrected chi connectivity index (χ4v) is 2.46. The van der Waals surface area contributed by atoms with Gasteiger partial charge < -0.3 is 14.4 Å². The van der Waals surface area contributed by atoms with E-state index in [9.17, 15) is 18.3 Å². The molecule has 0 radical (unpaired) electrons. The SMILES string of the molecule is Cc1cc2ccc(OC(F)(F)F)cc2n1-c1ccc(O)cc1. The molecule has 1 N–H and O–H groups in total. The van der Waals surface area contributed by atoms with E-state index in [0.717, 1.165) is 16.8 Å². The number of aryl methyl sites for hydroxylation is 1. The Balaban J connectivity index is 2.14. The first kappa shape index (κ1) is 14.3. The highest BCUT2D eigenvalue weighted by atomic mass is 19.4. The van der Waals surface area contributed by atoms with E-state index in [1.807, 2.05) is 13.0 Å². The number of fused-ring (bicyclic) bond motifs is 1. The second kappa shape index (κ2) is 4.98. The predicted molar refractivity (Wildman–Crippen MR) is 76.4 cm³/mol. The molecule has 0 aliphatic rings. The number of aromatic hydroxyl groups is 1. The largest absolute Gasteiger partial charge is 0.573 e. The molecule has 1 heterocycles. The van der Waals surface area contributed by atoms with Crippen LogP contribution >= 0.6 is 0 Å². The fraction of sp³-hybridized carbons (Fsp3) is 0.125. The van der Waals surface area contributed by atoms with Gasteiger partial charge >= 0.3 is 6.36 Å². The molecule has 0 aliphatic carbocycles. The van der Waals surface area contributed by atoms with E-state index < -0.39 is 6.36 Å². The number of ether oxygens (including phenoxy) is 1. The third kappa shape index (κ3) is 2.72. The van der Waals surface area contributed by atoms with Crippen LogP contribution in [-0.2, 0) is 0 Å². The zero-order valence-electron chi connectivity index (χ0n) is 11.6. The zero-order chi connectivity index (χ0) is 15.9. The van der Waals surface area contributed by atoms with Gasteiger partial charge in [-0.3, -0.25) is 0 Å². The summed E-state index contributed by atoms with van der Waals surface area (Å²) in [5.41, 5.74) is 2.21. The Kier molecular flexibility index (Phi) is 3.24. The summed E-state index contributed by atoms with van der Waals surface area (Å²) < 4.78 is 42.9. The minimum Gasteiger partial charge on any atom is -0.508 e. The van der Waals surface area contributed by atoms with Crippen molar-refractivity contribution in [2.24, 2.45) is 0 Å². The highest BCUT2D eigenvalue weighted by Gasteiger charge is 2.31. The summed E-state index contributed by atoms with van der Waals surface area (Å²) in [4.78, 5) is 0. The molecule has 3 rings (SSSR count). The Morgan fingerprint density at radius 3 is 2.32 bits per heavy atom. The van der Waals surface area contributed by atoms with Crippen molar-refractivity contribution in [2.45, 2.75) is 13.3 Å². The van der Waals surface area contributed by atoms with E-state index in [4.69, 9.17) is 0 Å². The van der Waals surface area contributed by atoms with Crippen LogP contribution in [0.3, 0.4) is 0 Å². The van der Waals surface area contributed by atoms with Gasteiger partial charge in [0.05, 0.1) is 5.52 Å². The van der Waals surface area contributed by atoms with Crippen molar-refractivity contribution in [3.05, 3.63) is 54.2 Å². The molecule has 6 heteroatoms. The van der Waals surface area contributed by atoms with E-state index in [-0.39, 0.29) is 11.5 Å². The average Bonchev–Trinajstić information content (AvgIpc) is 2.74. The summed E-state index contributed by atoms with van der Waals surface area (Å²) in [6.45, 7) is 1.86. The van der Waals surface area contributed by atoms with E-state index in [0.29, 0.717) is 5.52 Å². The van der Waals surface area contributed by atoms with Gasteiger partial charge in [-0.25, -0.2) is 0 Å². The standard InChI is InChI=1S/C16H12F3NO2/c1-10-8-11-2-7-14(22-16(17,18)19)9-15(11)20(10)12-3-5-13(21)6-4-12/h2-9,21H,1H3. The summed E-state index contributed by atoms with van der Waals surface area (Å²) in [6.07, 6.45) is -4.72. The highest BCUT2D eigenvalue weighted by Crippen LogP contribution is 2.30. The third-order valence-electron chi connectivity index (χ3n) is 3.30. The van der Waals surface area contributed by atoms with Crippen molar-refractivity contribution in [3.63, 3.8) is 0 Å². The molecule has 0 saturated heterocycles. The summed E-state index contributed by atoms with van der Waals surface area (Å²) in [5, 5.41) is 10.2. The molecule has 2 aromatic carbocycles. The number of rotatable bonds is 2. The Labute approximate surface area is 124 Å². The molecular weight excluding hydrogens is 295 g/mol. The van der Waals surface area contributed by atoms with Crippen molar-refractivity contribution >= 4 is 10.9 Å². The van der Waals surface area contributed by atoms with Crippen molar-refractivity contribution in [2.75, 3.05) is 0 Å². The lowest BCUT2D eigenvalue weighted by molar-refractivity contribution is -0.274. The topological polar surface area (TPSA) is 34.4 Å². The first-order valence-corrected chi connectivity index (χ1v) is 6.51. The van der Waals surface area contributed by atoms with Gasteiger partial charge in [-0.15, -0.1) is 13.2 Å². The van der Waals surface area contributed by atoms with Crippen LogP contribution in [0.4, 0.5) is 13.2 Å². The molecule has 0 amide bonds. The van der Waals surface area contributed by atoms with Crippen LogP contribution in [-0.4, -0.2) is 16.0 Å². The Bertz CT molecular complexity index is 820. The normalized spacial score (nSPS) is 11.8. The number of hydrogen-bond acceptors (Lipinski definition) is 2. The van der Waals surface area contributed by atoms with Gasteiger partial charge in [0.15, 0.2) is 0 Å². The number of nitrogens with zero attached hydrogens (tertiary/aromatic N) is 1. The minimum atomic E-state index is -4.72. The van der Waals surface area contributed by atoms with Crippen LogP contribution in [0.15, 0.2) is 48.5 Å². The molecule has 0 bridgehead atoms. The molecule has 114 valence electrons. The van der Waals surface area contributed by atoms with Gasteiger partial charge in [-0.1, -0.05) is 0 Å². The number of alkyl halides is 3.